The fourth-order valence-electron chi connectivity index (χ4n) is 2.01. The second-order valence-corrected chi connectivity index (χ2v) is 6.17. The molecule has 130 valence electrons. The first-order valence-corrected chi connectivity index (χ1v) is 8.70. The smallest absolute Gasteiger partial charge is 0.321 e. The molecule has 1 aromatic carbocycles. The van der Waals surface area contributed by atoms with Crippen LogP contribution >= 0.6 is 11.8 Å². The van der Waals surface area contributed by atoms with E-state index >= 15 is 0 Å². The Balaban J connectivity index is 2.02. The lowest BCUT2D eigenvalue weighted by Crippen LogP contribution is -2.12. The Morgan fingerprint density at radius 2 is 2.12 bits per heavy atom. The van der Waals surface area contributed by atoms with Crippen molar-refractivity contribution < 1.29 is 18.3 Å². The summed E-state index contributed by atoms with van der Waals surface area (Å²) in [6, 6.07) is 8.20. The van der Waals surface area contributed by atoms with Crippen LogP contribution in [0.2, 0.25) is 0 Å². The number of hydrogen-bond donors (Lipinski definition) is 0. The minimum atomic E-state index is -0.948. The molecule has 0 amide bonds. The van der Waals surface area contributed by atoms with Crippen LogP contribution in [0.4, 0.5) is 8.78 Å². The molecule has 2 rings (SSSR count). The SMILES string of the molecule is CCCCc1ccc(C#N)c(SCC(=O)Oc2ccc(F)cc2F)n1. The van der Waals surface area contributed by atoms with Crippen LogP contribution in [0.5, 0.6) is 5.75 Å². The molecule has 0 atom stereocenters. The summed E-state index contributed by atoms with van der Waals surface area (Å²) in [5, 5.41) is 9.58. The van der Waals surface area contributed by atoms with Crippen LogP contribution in [-0.4, -0.2) is 16.7 Å². The van der Waals surface area contributed by atoms with Crippen molar-refractivity contribution in [2.75, 3.05) is 5.75 Å². The average Bonchev–Trinajstić information content (AvgIpc) is 2.60. The van der Waals surface area contributed by atoms with Gasteiger partial charge in [-0.1, -0.05) is 25.1 Å². The number of aryl methyl sites for hydroxylation is 1. The maximum atomic E-state index is 13.5. The van der Waals surface area contributed by atoms with E-state index < -0.39 is 17.6 Å². The Bertz CT molecular complexity index is 806. The molecule has 1 heterocycles. The van der Waals surface area contributed by atoms with E-state index in [1.807, 2.05) is 6.07 Å². The predicted octanol–water partition coefficient (Wildman–Crippen LogP) is 4.27. The molecule has 0 aliphatic heterocycles. The summed E-state index contributed by atoms with van der Waals surface area (Å²) in [7, 11) is 0. The number of thioether (sulfide) groups is 1. The number of rotatable bonds is 7. The van der Waals surface area contributed by atoms with Crippen molar-refractivity contribution in [1.82, 2.24) is 4.98 Å². The van der Waals surface area contributed by atoms with Crippen molar-refractivity contribution in [2.45, 2.75) is 31.2 Å². The average molecular weight is 362 g/mol. The van der Waals surface area contributed by atoms with Gasteiger partial charge in [-0.05, 0) is 37.1 Å². The molecule has 0 aliphatic carbocycles. The molecule has 0 N–H and O–H groups in total. The summed E-state index contributed by atoms with van der Waals surface area (Å²) in [5.74, 6) is -2.89. The Hall–Kier alpha value is -2.46. The fourth-order valence-corrected chi connectivity index (χ4v) is 2.77. The van der Waals surface area contributed by atoms with Gasteiger partial charge in [0.2, 0.25) is 0 Å². The Morgan fingerprint density at radius 1 is 1.32 bits per heavy atom. The van der Waals surface area contributed by atoms with E-state index in [9.17, 15) is 13.6 Å². The number of esters is 1. The van der Waals surface area contributed by atoms with E-state index in [2.05, 4.69) is 11.9 Å². The lowest BCUT2D eigenvalue weighted by atomic mass is 10.2. The molecule has 2 aromatic rings. The fraction of sp³-hybridized carbons (Fsp3) is 0.278. The first-order valence-electron chi connectivity index (χ1n) is 7.72. The number of nitriles is 1. The van der Waals surface area contributed by atoms with Crippen LogP contribution in [0, 0.1) is 23.0 Å². The van der Waals surface area contributed by atoms with Crippen molar-refractivity contribution in [1.29, 1.82) is 5.26 Å². The highest BCUT2D eigenvalue weighted by Crippen LogP contribution is 2.23. The monoisotopic (exact) mass is 362 g/mol. The van der Waals surface area contributed by atoms with Gasteiger partial charge in [-0.3, -0.25) is 4.79 Å². The van der Waals surface area contributed by atoms with Gasteiger partial charge in [0, 0.05) is 11.8 Å². The summed E-state index contributed by atoms with van der Waals surface area (Å²) in [6.07, 6.45) is 2.80. The highest BCUT2D eigenvalue weighted by atomic mass is 32.2. The van der Waals surface area contributed by atoms with Crippen LogP contribution in [0.3, 0.4) is 0 Å². The molecular weight excluding hydrogens is 346 g/mol. The molecule has 0 unspecified atom stereocenters. The van der Waals surface area contributed by atoms with E-state index in [4.69, 9.17) is 10.00 Å². The topological polar surface area (TPSA) is 63.0 Å². The molecule has 7 heteroatoms. The summed E-state index contributed by atoms with van der Waals surface area (Å²) in [4.78, 5) is 16.3. The normalized spacial score (nSPS) is 10.3. The van der Waals surface area contributed by atoms with Gasteiger partial charge in [0.1, 0.15) is 16.9 Å². The summed E-state index contributed by atoms with van der Waals surface area (Å²) >= 11 is 1.05. The van der Waals surface area contributed by atoms with Gasteiger partial charge in [-0.2, -0.15) is 5.26 Å². The number of ether oxygens (including phenoxy) is 1. The molecule has 0 aliphatic rings. The number of pyridine rings is 1. The number of carbonyl (C=O) groups excluding carboxylic acids is 1. The van der Waals surface area contributed by atoms with Gasteiger partial charge in [0.05, 0.1) is 11.3 Å². The van der Waals surface area contributed by atoms with Crippen molar-refractivity contribution >= 4 is 17.7 Å². The van der Waals surface area contributed by atoms with E-state index in [1.54, 1.807) is 12.1 Å². The summed E-state index contributed by atoms with van der Waals surface area (Å²) < 4.78 is 31.2. The Labute approximate surface area is 148 Å². The molecule has 0 radical (unpaired) electrons. The molecule has 1 aromatic heterocycles. The molecule has 0 bridgehead atoms. The van der Waals surface area contributed by atoms with Gasteiger partial charge < -0.3 is 4.74 Å². The third-order valence-electron chi connectivity index (χ3n) is 3.27. The van der Waals surface area contributed by atoms with Crippen LogP contribution in [-0.2, 0) is 11.2 Å². The Kier molecular flexibility index (Phi) is 6.90. The van der Waals surface area contributed by atoms with Crippen molar-refractivity contribution in [3.05, 3.63) is 53.2 Å². The third kappa shape index (κ3) is 5.54. The Morgan fingerprint density at radius 3 is 2.80 bits per heavy atom. The number of unbranched alkanes of at least 4 members (excludes halogenated alkanes) is 1. The molecule has 25 heavy (non-hydrogen) atoms. The third-order valence-corrected chi connectivity index (χ3v) is 4.23. The number of aromatic nitrogens is 1. The first-order chi connectivity index (χ1) is 12.0. The highest BCUT2D eigenvalue weighted by Gasteiger charge is 2.13. The zero-order valence-corrected chi connectivity index (χ0v) is 14.4. The second-order valence-electron chi connectivity index (χ2n) is 5.21. The minimum Gasteiger partial charge on any atom is -0.423 e. The van der Waals surface area contributed by atoms with Crippen molar-refractivity contribution in [3.63, 3.8) is 0 Å². The number of carbonyl (C=O) groups is 1. The number of halogens is 2. The van der Waals surface area contributed by atoms with Gasteiger partial charge in [-0.25, -0.2) is 13.8 Å². The lowest BCUT2D eigenvalue weighted by Gasteiger charge is -2.07. The van der Waals surface area contributed by atoms with E-state index in [0.717, 1.165) is 48.9 Å². The maximum Gasteiger partial charge on any atom is 0.321 e. The number of hydrogen-bond acceptors (Lipinski definition) is 5. The highest BCUT2D eigenvalue weighted by molar-refractivity contribution is 7.99. The van der Waals surface area contributed by atoms with Crippen LogP contribution in [0.25, 0.3) is 0 Å². The quantitative estimate of drug-likeness (QED) is 0.418. The summed E-state index contributed by atoms with van der Waals surface area (Å²) in [5.41, 5.74) is 1.22. The van der Waals surface area contributed by atoms with Crippen LogP contribution in [0.1, 0.15) is 31.0 Å². The van der Waals surface area contributed by atoms with E-state index in [0.29, 0.717) is 16.7 Å². The molecule has 4 nitrogen and oxygen atoms in total. The number of nitrogens with zero attached hydrogens (tertiary/aromatic N) is 2. The first kappa shape index (κ1) is 18.9. The predicted molar refractivity (Wildman–Crippen MR) is 90.3 cm³/mol. The number of benzene rings is 1. The zero-order chi connectivity index (χ0) is 18.2. The molecule has 0 saturated heterocycles. The summed E-state index contributed by atoms with van der Waals surface area (Å²) in [6.45, 7) is 2.07. The second kappa shape index (κ2) is 9.14. The molecule has 0 fully saturated rings. The lowest BCUT2D eigenvalue weighted by molar-refractivity contribution is -0.131. The molecule has 0 spiro atoms. The van der Waals surface area contributed by atoms with Gasteiger partial charge in [0.15, 0.2) is 11.6 Å². The van der Waals surface area contributed by atoms with Gasteiger partial charge in [0.25, 0.3) is 0 Å². The van der Waals surface area contributed by atoms with E-state index in [1.165, 1.54) is 0 Å². The van der Waals surface area contributed by atoms with Gasteiger partial charge in [-0.15, -0.1) is 0 Å². The van der Waals surface area contributed by atoms with Crippen LogP contribution in [0.15, 0.2) is 35.4 Å². The van der Waals surface area contributed by atoms with E-state index in [-0.39, 0.29) is 11.5 Å². The van der Waals surface area contributed by atoms with Gasteiger partial charge >= 0.3 is 5.97 Å². The standard InChI is InChI=1S/C18H16F2N2O2S/c1-2-3-4-14-7-5-12(10-21)18(22-14)25-11-17(23)24-16-8-6-13(19)9-15(16)20/h5-9H,2-4,11H2,1H3. The zero-order valence-electron chi connectivity index (χ0n) is 13.6. The molecular formula is C18H16F2N2O2S. The van der Waals surface area contributed by atoms with Crippen LogP contribution < -0.4 is 4.74 Å². The minimum absolute atomic E-state index is 0.143. The largest absolute Gasteiger partial charge is 0.423 e. The maximum absolute atomic E-state index is 13.5. The van der Waals surface area contributed by atoms with Crippen molar-refractivity contribution in [2.24, 2.45) is 0 Å². The van der Waals surface area contributed by atoms with Crippen molar-refractivity contribution in [3.8, 4) is 11.8 Å². The molecule has 0 saturated carbocycles.